The van der Waals surface area contributed by atoms with Gasteiger partial charge in [-0.2, -0.15) is 0 Å². The largest absolute Gasteiger partial charge is 0.377 e. The molecule has 1 aromatic rings. The highest BCUT2D eigenvalue weighted by Crippen LogP contribution is 2.15. The Labute approximate surface area is 104 Å². The predicted molar refractivity (Wildman–Crippen MR) is 69.6 cm³/mol. The lowest BCUT2D eigenvalue weighted by Gasteiger charge is -2.21. The van der Waals surface area contributed by atoms with E-state index in [1.807, 2.05) is 6.07 Å². The van der Waals surface area contributed by atoms with Crippen LogP contribution in [-0.4, -0.2) is 31.2 Å². The summed E-state index contributed by atoms with van der Waals surface area (Å²) in [7, 11) is 2.15. The average molecular weight is 234 g/mol. The predicted octanol–water partition coefficient (Wildman–Crippen LogP) is 1.76. The fourth-order valence-electron chi connectivity index (χ4n) is 2.40. The maximum Gasteiger partial charge on any atom is 0.0702 e. The van der Waals surface area contributed by atoms with Crippen LogP contribution in [0.2, 0.25) is 0 Å². The zero-order valence-electron chi connectivity index (χ0n) is 10.6. The van der Waals surface area contributed by atoms with Crippen molar-refractivity contribution in [2.45, 2.75) is 32.0 Å². The lowest BCUT2D eigenvalue weighted by molar-refractivity contribution is 0.0792. The molecule has 1 aliphatic rings. The molecule has 17 heavy (non-hydrogen) atoms. The number of hydrogen-bond acceptors (Lipinski definition) is 3. The minimum absolute atomic E-state index is 0.421. The van der Waals surface area contributed by atoms with Crippen molar-refractivity contribution in [1.29, 1.82) is 0 Å². The molecule has 1 atom stereocenters. The molecule has 1 aromatic carbocycles. The van der Waals surface area contributed by atoms with Crippen molar-refractivity contribution in [3.05, 3.63) is 35.4 Å². The van der Waals surface area contributed by atoms with Crippen LogP contribution in [0.1, 0.15) is 24.0 Å². The molecule has 0 aromatic heterocycles. The van der Waals surface area contributed by atoms with Crippen LogP contribution in [0.25, 0.3) is 0 Å². The quantitative estimate of drug-likeness (QED) is 0.843. The topological polar surface area (TPSA) is 38.5 Å². The van der Waals surface area contributed by atoms with Crippen molar-refractivity contribution >= 4 is 0 Å². The highest BCUT2D eigenvalue weighted by molar-refractivity contribution is 5.26. The van der Waals surface area contributed by atoms with E-state index in [1.54, 1.807) is 0 Å². The Morgan fingerprint density at radius 1 is 1.35 bits per heavy atom. The molecule has 2 rings (SSSR count). The minimum Gasteiger partial charge on any atom is -0.377 e. The molecule has 94 valence electrons. The molecule has 1 heterocycles. The third-order valence-electron chi connectivity index (χ3n) is 3.32. The van der Waals surface area contributed by atoms with Gasteiger partial charge in [0.2, 0.25) is 0 Å². The van der Waals surface area contributed by atoms with E-state index < -0.39 is 0 Å². The van der Waals surface area contributed by atoms with Gasteiger partial charge in [-0.1, -0.05) is 24.3 Å². The zero-order valence-corrected chi connectivity index (χ0v) is 10.6. The van der Waals surface area contributed by atoms with Crippen molar-refractivity contribution in [2.24, 2.45) is 5.73 Å². The van der Waals surface area contributed by atoms with Crippen LogP contribution in [0.3, 0.4) is 0 Å². The first kappa shape index (κ1) is 12.6. The lowest BCUT2D eigenvalue weighted by Crippen LogP contribution is -2.28. The van der Waals surface area contributed by atoms with Crippen molar-refractivity contribution in [2.75, 3.05) is 20.2 Å². The summed E-state index contributed by atoms with van der Waals surface area (Å²) in [6.45, 7) is 3.51. The van der Waals surface area contributed by atoms with E-state index in [0.29, 0.717) is 12.6 Å². The Hall–Kier alpha value is -0.900. The number of nitrogens with zero attached hydrogens (tertiary/aromatic N) is 1. The highest BCUT2D eigenvalue weighted by Gasteiger charge is 2.17. The summed E-state index contributed by atoms with van der Waals surface area (Å²) in [6, 6.07) is 8.39. The van der Waals surface area contributed by atoms with Crippen LogP contribution in [0.4, 0.5) is 0 Å². The molecule has 0 spiro atoms. The Balaban J connectivity index is 1.90. The normalized spacial score (nSPS) is 20.1. The second-order valence-electron chi connectivity index (χ2n) is 4.80. The van der Waals surface area contributed by atoms with Gasteiger partial charge in [0.25, 0.3) is 0 Å². The zero-order chi connectivity index (χ0) is 12.1. The number of ether oxygens (including phenoxy) is 1. The van der Waals surface area contributed by atoms with Gasteiger partial charge in [0.1, 0.15) is 0 Å². The average Bonchev–Trinajstić information content (AvgIpc) is 2.82. The smallest absolute Gasteiger partial charge is 0.0702 e. The first-order valence-corrected chi connectivity index (χ1v) is 6.36. The van der Waals surface area contributed by atoms with Gasteiger partial charge in [0.05, 0.1) is 6.10 Å². The van der Waals surface area contributed by atoms with E-state index in [1.165, 1.54) is 24.0 Å². The molecule has 0 amide bonds. The molecule has 1 unspecified atom stereocenters. The van der Waals surface area contributed by atoms with Crippen LogP contribution < -0.4 is 5.73 Å². The molecule has 1 saturated heterocycles. The fourth-order valence-corrected chi connectivity index (χ4v) is 2.40. The lowest BCUT2D eigenvalue weighted by atomic mass is 10.1. The molecule has 2 N–H and O–H groups in total. The first-order chi connectivity index (χ1) is 8.29. The van der Waals surface area contributed by atoms with Crippen molar-refractivity contribution in [3.8, 4) is 0 Å². The summed E-state index contributed by atoms with van der Waals surface area (Å²) in [5.74, 6) is 0. The van der Waals surface area contributed by atoms with Gasteiger partial charge in [-0.25, -0.2) is 0 Å². The van der Waals surface area contributed by atoms with E-state index in [9.17, 15) is 0 Å². The van der Waals surface area contributed by atoms with Gasteiger partial charge in [-0.05, 0) is 31.0 Å². The molecule has 0 aliphatic carbocycles. The maximum absolute atomic E-state index is 5.75. The number of benzene rings is 1. The number of likely N-dealkylation sites (N-methyl/N-ethyl adjacent to an activating group) is 1. The van der Waals surface area contributed by atoms with E-state index >= 15 is 0 Å². The van der Waals surface area contributed by atoms with E-state index in [-0.39, 0.29) is 0 Å². The van der Waals surface area contributed by atoms with Crippen molar-refractivity contribution in [3.63, 3.8) is 0 Å². The van der Waals surface area contributed by atoms with E-state index in [2.05, 4.69) is 30.1 Å². The van der Waals surface area contributed by atoms with Gasteiger partial charge < -0.3 is 10.5 Å². The summed E-state index contributed by atoms with van der Waals surface area (Å²) in [6.07, 6.45) is 2.82. The van der Waals surface area contributed by atoms with Gasteiger partial charge in [0, 0.05) is 26.2 Å². The monoisotopic (exact) mass is 234 g/mol. The molecule has 1 aliphatic heterocycles. The van der Waals surface area contributed by atoms with Crippen LogP contribution in [-0.2, 0) is 17.8 Å². The van der Waals surface area contributed by atoms with Gasteiger partial charge in [-0.3, -0.25) is 4.90 Å². The van der Waals surface area contributed by atoms with Gasteiger partial charge in [-0.15, -0.1) is 0 Å². The highest BCUT2D eigenvalue weighted by atomic mass is 16.5. The first-order valence-electron chi connectivity index (χ1n) is 6.36. The van der Waals surface area contributed by atoms with E-state index in [4.69, 9.17) is 10.5 Å². The van der Waals surface area contributed by atoms with Crippen molar-refractivity contribution < 1.29 is 4.74 Å². The standard InChI is InChI=1S/C14H22N2O/c1-16(11-14-7-4-8-17-14)10-13-6-3-2-5-12(13)9-15/h2-3,5-6,14H,4,7-11,15H2,1H3. The summed E-state index contributed by atoms with van der Waals surface area (Å²) < 4.78 is 5.65. The molecule has 0 saturated carbocycles. The molecule has 1 fully saturated rings. The van der Waals surface area contributed by atoms with Gasteiger partial charge >= 0.3 is 0 Å². The summed E-state index contributed by atoms with van der Waals surface area (Å²) in [5.41, 5.74) is 8.32. The summed E-state index contributed by atoms with van der Waals surface area (Å²) in [5, 5.41) is 0. The minimum atomic E-state index is 0.421. The van der Waals surface area contributed by atoms with Crippen LogP contribution >= 0.6 is 0 Å². The number of nitrogens with two attached hydrogens (primary N) is 1. The Kier molecular flexibility index (Phi) is 4.54. The Morgan fingerprint density at radius 3 is 2.76 bits per heavy atom. The maximum atomic E-state index is 5.75. The molecule has 3 nitrogen and oxygen atoms in total. The number of hydrogen-bond donors (Lipinski definition) is 1. The number of rotatable bonds is 5. The summed E-state index contributed by atoms with van der Waals surface area (Å²) >= 11 is 0. The van der Waals surface area contributed by atoms with Crippen molar-refractivity contribution in [1.82, 2.24) is 4.90 Å². The summed E-state index contributed by atoms with van der Waals surface area (Å²) in [4.78, 5) is 2.32. The molecular weight excluding hydrogens is 212 g/mol. The molecular formula is C14H22N2O. The van der Waals surface area contributed by atoms with Gasteiger partial charge in [0.15, 0.2) is 0 Å². The third-order valence-corrected chi connectivity index (χ3v) is 3.32. The van der Waals surface area contributed by atoms with Crippen LogP contribution in [0.5, 0.6) is 0 Å². The fraction of sp³-hybridized carbons (Fsp3) is 0.571. The van der Waals surface area contributed by atoms with Crippen LogP contribution in [0.15, 0.2) is 24.3 Å². The SMILES string of the molecule is CN(Cc1ccccc1CN)CC1CCCO1. The van der Waals surface area contributed by atoms with Crippen LogP contribution in [0, 0.1) is 0 Å². The Morgan fingerprint density at radius 2 is 2.12 bits per heavy atom. The second kappa shape index (κ2) is 6.15. The Bertz CT molecular complexity index is 348. The molecule has 0 radical (unpaired) electrons. The third kappa shape index (κ3) is 3.53. The molecule has 0 bridgehead atoms. The molecule has 3 heteroatoms. The second-order valence-corrected chi connectivity index (χ2v) is 4.80. The van der Waals surface area contributed by atoms with E-state index in [0.717, 1.165) is 19.7 Å².